The molecule has 2 heterocycles. The van der Waals surface area contributed by atoms with Crippen molar-refractivity contribution in [2.75, 3.05) is 24.7 Å². The van der Waals surface area contributed by atoms with Crippen LogP contribution in [0.4, 0.5) is 17.5 Å². The van der Waals surface area contributed by atoms with Gasteiger partial charge >= 0.3 is 0 Å². The van der Waals surface area contributed by atoms with Crippen molar-refractivity contribution in [3.63, 3.8) is 0 Å². The van der Waals surface area contributed by atoms with E-state index >= 15 is 0 Å². The summed E-state index contributed by atoms with van der Waals surface area (Å²) >= 11 is 3.49. The molecular weight excluding hydrogens is 418 g/mol. The van der Waals surface area contributed by atoms with E-state index in [1.165, 1.54) is 19.2 Å². The molecule has 1 aromatic carbocycles. The van der Waals surface area contributed by atoms with Crippen molar-refractivity contribution in [2.45, 2.75) is 37.8 Å². The second kappa shape index (κ2) is 8.36. The second-order valence-corrected chi connectivity index (χ2v) is 8.31. The first-order valence-corrected chi connectivity index (χ1v) is 10.3. The van der Waals surface area contributed by atoms with Crippen molar-refractivity contribution < 1.29 is 0 Å². The van der Waals surface area contributed by atoms with Crippen LogP contribution in [0.1, 0.15) is 25.7 Å². The minimum absolute atomic E-state index is 0.403. The summed E-state index contributed by atoms with van der Waals surface area (Å²) in [5.74, 6) is 1.30. The highest BCUT2D eigenvalue weighted by Gasteiger charge is 2.23. The molecule has 28 heavy (non-hydrogen) atoms. The van der Waals surface area contributed by atoms with Gasteiger partial charge in [0.15, 0.2) is 5.82 Å². The van der Waals surface area contributed by atoms with Gasteiger partial charge < -0.3 is 15.5 Å². The summed E-state index contributed by atoms with van der Waals surface area (Å²) < 4.78 is 1.00. The monoisotopic (exact) mass is 441 g/mol. The number of nitrogens with one attached hydrogen (secondary N) is 2. The predicted molar refractivity (Wildman–Crippen MR) is 116 cm³/mol. The molecule has 1 aliphatic carbocycles. The topological polar surface area (TPSA) is 78.9 Å². The van der Waals surface area contributed by atoms with E-state index in [1.54, 1.807) is 6.20 Å². The van der Waals surface area contributed by atoms with Gasteiger partial charge in [-0.3, -0.25) is 0 Å². The molecule has 3 aromatic rings. The first kappa shape index (κ1) is 19.0. The van der Waals surface area contributed by atoms with Gasteiger partial charge in [0.25, 0.3) is 0 Å². The van der Waals surface area contributed by atoms with Crippen LogP contribution < -0.4 is 10.6 Å². The lowest BCUT2D eigenvalue weighted by Crippen LogP contribution is -2.36. The number of rotatable bonds is 5. The lowest BCUT2D eigenvalue weighted by Gasteiger charge is -2.32. The number of benzene rings is 1. The maximum Gasteiger partial charge on any atom is 0.223 e. The van der Waals surface area contributed by atoms with E-state index in [1.807, 2.05) is 24.3 Å². The molecule has 1 aliphatic rings. The zero-order valence-electron chi connectivity index (χ0n) is 16.1. The Labute approximate surface area is 173 Å². The lowest BCUT2D eigenvalue weighted by molar-refractivity contribution is 0.221. The van der Waals surface area contributed by atoms with Crippen molar-refractivity contribution in [1.29, 1.82) is 0 Å². The van der Waals surface area contributed by atoms with E-state index in [9.17, 15) is 0 Å². The molecule has 0 radical (unpaired) electrons. The van der Waals surface area contributed by atoms with Crippen molar-refractivity contribution >= 4 is 44.4 Å². The average molecular weight is 442 g/mol. The molecule has 0 bridgehead atoms. The van der Waals surface area contributed by atoms with Gasteiger partial charge in [0, 0.05) is 22.2 Å². The maximum absolute atomic E-state index is 4.71. The molecule has 0 unspecified atom stereocenters. The Bertz CT molecular complexity index is 954. The van der Waals surface area contributed by atoms with Crippen LogP contribution in [0.25, 0.3) is 11.0 Å². The quantitative estimate of drug-likeness (QED) is 0.613. The molecule has 2 aromatic heterocycles. The van der Waals surface area contributed by atoms with E-state index < -0.39 is 0 Å². The fraction of sp³-hybridized carbons (Fsp3) is 0.400. The number of hydrogen-bond acceptors (Lipinski definition) is 7. The van der Waals surface area contributed by atoms with Crippen LogP contribution in [0.3, 0.4) is 0 Å². The highest BCUT2D eigenvalue weighted by atomic mass is 79.9. The molecule has 2 N–H and O–H groups in total. The van der Waals surface area contributed by atoms with Gasteiger partial charge in [-0.05, 0) is 58.0 Å². The normalized spacial score (nSPS) is 19.7. The molecule has 0 saturated heterocycles. The summed E-state index contributed by atoms with van der Waals surface area (Å²) in [6.45, 7) is 0. The van der Waals surface area contributed by atoms with Crippen molar-refractivity contribution in [3.05, 3.63) is 41.3 Å². The molecule has 4 rings (SSSR count). The maximum atomic E-state index is 4.71. The summed E-state index contributed by atoms with van der Waals surface area (Å²) in [7, 11) is 4.31. The Morgan fingerprint density at radius 1 is 1.07 bits per heavy atom. The van der Waals surface area contributed by atoms with Crippen molar-refractivity contribution in [2.24, 2.45) is 0 Å². The molecule has 1 fully saturated rings. The number of fused-ring (bicyclic) bond motifs is 1. The van der Waals surface area contributed by atoms with Gasteiger partial charge in [-0.1, -0.05) is 22.0 Å². The van der Waals surface area contributed by atoms with Gasteiger partial charge in [0.1, 0.15) is 17.4 Å². The zero-order chi connectivity index (χ0) is 19.5. The van der Waals surface area contributed by atoms with Crippen LogP contribution in [-0.2, 0) is 0 Å². The zero-order valence-corrected chi connectivity index (χ0v) is 17.6. The van der Waals surface area contributed by atoms with Crippen LogP contribution in [0.5, 0.6) is 0 Å². The number of nitrogens with zero attached hydrogens (tertiary/aromatic N) is 5. The number of aromatic nitrogens is 4. The van der Waals surface area contributed by atoms with E-state index in [-0.39, 0.29) is 0 Å². The van der Waals surface area contributed by atoms with Crippen LogP contribution in [-0.4, -0.2) is 51.0 Å². The third-order valence-corrected chi connectivity index (χ3v) is 5.72. The fourth-order valence-corrected chi connectivity index (χ4v) is 4.04. The molecular formula is C20H24BrN7. The summed E-state index contributed by atoms with van der Waals surface area (Å²) in [5.41, 5.74) is 2.36. The molecule has 7 nitrogen and oxygen atoms in total. The van der Waals surface area contributed by atoms with Gasteiger partial charge in [0.2, 0.25) is 5.95 Å². The highest BCUT2D eigenvalue weighted by molar-refractivity contribution is 9.10. The Morgan fingerprint density at radius 3 is 2.64 bits per heavy atom. The molecule has 1 saturated carbocycles. The SMILES string of the molecule is CN(C)C1CCC(Nc2ncc3ncnc(Nc4cccc(Br)c4)c3n2)CC1. The minimum Gasteiger partial charge on any atom is -0.351 e. The largest absolute Gasteiger partial charge is 0.351 e. The predicted octanol–water partition coefficient (Wildman–Crippen LogP) is 4.21. The summed E-state index contributed by atoms with van der Waals surface area (Å²) in [6.07, 6.45) is 7.91. The first-order valence-electron chi connectivity index (χ1n) is 9.52. The highest BCUT2D eigenvalue weighted by Crippen LogP contribution is 2.26. The smallest absolute Gasteiger partial charge is 0.223 e. The Morgan fingerprint density at radius 2 is 1.89 bits per heavy atom. The molecule has 0 atom stereocenters. The van der Waals surface area contributed by atoms with Gasteiger partial charge in [-0.2, -0.15) is 0 Å². The van der Waals surface area contributed by atoms with Crippen molar-refractivity contribution in [1.82, 2.24) is 24.8 Å². The Balaban J connectivity index is 1.53. The number of hydrogen-bond donors (Lipinski definition) is 2. The third kappa shape index (κ3) is 4.39. The first-order chi connectivity index (χ1) is 13.6. The average Bonchev–Trinajstić information content (AvgIpc) is 2.69. The van der Waals surface area contributed by atoms with E-state index in [2.05, 4.69) is 60.5 Å². The third-order valence-electron chi connectivity index (χ3n) is 5.22. The van der Waals surface area contributed by atoms with Gasteiger partial charge in [-0.25, -0.2) is 19.9 Å². The Hall–Kier alpha value is -2.32. The summed E-state index contributed by atoms with van der Waals surface area (Å²) in [6, 6.07) is 9.02. The van der Waals surface area contributed by atoms with E-state index in [4.69, 9.17) is 4.98 Å². The van der Waals surface area contributed by atoms with Crippen LogP contribution >= 0.6 is 15.9 Å². The number of halogens is 1. The van der Waals surface area contributed by atoms with Gasteiger partial charge in [-0.15, -0.1) is 0 Å². The van der Waals surface area contributed by atoms with Crippen LogP contribution in [0.2, 0.25) is 0 Å². The lowest BCUT2D eigenvalue weighted by atomic mass is 9.91. The number of anilines is 3. The van der Waals surface area contributed by atoms with Crippen LogP contribution in [0.15, 0.2) is 41.3 Å². The fourth-order valence-electron chi connectivity index (χ4n) is 3.64. The minimum atomic E-state index is 0.403. The van der Waals surface area contributed by atoms with Crippen LogP contribution in [0, 0.1) is 0 Å². The van der Waals surface area contributed by atoms with Gasteiger partial charge in [0.05, 0.1) is 6.20 Å². The van der Waals surface area contributed by atoms with E-state index in [0.29, 0.717) is 29.4 Å². The standard InChI is InChI=1S/C20H24BrN7/c1-28(2)16-8-6-14(7-9-16)26-20-22-11-17-18(27-20)19(24-12-23-17)25-15-5-3-4-13(21)10-15/h3-5,10-12,14,16H,6-9H2,1-2H3,(H,22,26,27)(H,23,24,25). The molecule has 0 spiro atoms. The summed E-state index contributed by atoms with van der Waals surface area (Å²) in [4.78, 5) is 20.2. The molecule has 146 valence electrons. The second-order valence-electron chi connectivity index (χ2n) is 7.40. The summed E-state index contributed by atoms with van der Waals surface area (Å²) in [5, 5.41) is 6.83. The molecule has 8 heteroatoms. The Kier molecular flexibility index (Phi) is 5.68. The van der Waals surface area contributed by atoms with E-state index in [0.717, 1.165) is 28.5 Å². The molecule has 0 aliphatic heterocycles. The van der Waals surface area contributed by atoms with Crippen molar-refractivity contribution in [3.8, 4) is 0 Å². The molecule has 0 amide bonds.